The van der Waals surface area contributed by atoms with Gasteiger partial charge >= 0.3 is 11.9 Å². The minimum absolute atomic E-state index is 0.0828. The van der Waals surface area contributed by atoms with Crippen LogP contribution in [0, 0.1) is 5.92 Å². The zero-order chi connectivity index (χ0) is 24.0. The first-order chi connectivity index (χ1) is 15.8. The predicted octanol–water partition coefficient (Wildman–Crippen LogP) is 2.87. The van der Waals surface area contributed by atoms with Gasteiger partial charge in [0.15, 0.2) is 0 Å². The molecule has 0 spiro atoms. The number of carbonyl (C=O) groups excluding carboxylic acids is 3. The summed E-state index contributed by atoms with van der Waals surface area (Å²) in [6.07, 6.45) is 7.22. The van der Waals surface area contributed by atoms with Gasteiger partial charge in [-0.2, -0.15) is 0 Å². The van der Waals surface area contributed by atoms with Crippen LogP contribution in [0.4, 0.5) is 11.4 Å². The Bertz CT molecular complexity index is 970. The fraction of sp³-hybridized carbons (Fsp3) is 0.400. The van der Waals surface area contributed by atoms with Gasteiger partial charge in [-0.3, -0.25) is 4.79 Å². The zero-order valence-electron chi connectivity index (χ0n) is 19.6. The second-order valence-corrected chi connectivity index (χ2v) is 8.30. The number of piperazine rings is 1. The first-order valence-electron chi connectivity index (χ1n) is 11.0. The summed E-state index contributed by atoms with van der Waals surface area (Å²) >= 11 is 0. The average Bonchev–Trinajstić information content (AvgIpc) is 3.06. The molecule has 2 aliphatic rings. The number of benzene rings is 1. The molecule has 1 aromatic rings. The first kappa shape index (κ1) is 24.1. The Kier molecular flexibility index (Phi) is 7.92. The Morgan fingerprint density at radius 3 is 2.06 bits per heavy atom. The van der Waals surface area contributed by atoms with Crippen LogP contribution in [-0.4, -0.2) is 63.1 Å². The molecule has 0 aliphatic carbocycles. The summed E-state index contributed by atoms with van der Waals surface area (Å²) in [4.78, 5) is 43.0. The number of hydrogen-bond donors (Lipinski definition) is 0. The van der Waals surface area contributed by atoms with Gasteiger partial charge in [0.05, 0.1) is 19.8 Å². The highest BCUT2D eigenvalue weighted by atomic mass is 16.5. The van der Waals surface area contributed by atoms with Crippen molar-refractivity contribution in [3.8, 4) is 0 Å². The highest BCUT2D eigenvalue weighted by Gasteiger charge is 2.28. The maximum absolute atomic E-state index is 12.6. The molecule has 8 heteroatoms. The minimum Gasteiger partial charge on any atom is -0.465 e. The number of hydrogen-bond acceptors (Lipinski definition) is 7. The summed E-state index contributed by atoms with van der Waals surface area (Å²) < 4.78 is 9.79. The summed E-state index contributed by atoms with van der Waals surface area (Å²) in [5, 5.41) is 0. The smallest absolute Gasteiger partial charge is 0.355 e. The van der Waals surface area contributed by atoms with Gasteiger partial charge < -0.3 is 24.2 Å². The number of allylic oxidation sites excluding steroid dienone is 2. The number of methoxy groups -OCH3 is 2. The molecule has 1 saturated heterocycles. The van der Waals surface area contributed by atoms with Gasteiger partial charge in [-0.25, -0.2) is 9.59 Å². The normalized spacial score (nSPS) is 16.2. The molecule has 0 saturated carbocycles. The highest BCUT2D eigenvalue weighted by molar-refractivity contribution is 6.05. The Labute approximate surface area is 194 Å². The van der Waals surface area contributed by atoms with Gasteiger partial charge in [0, 0.05) is 50.2 Å². The van der Waals surface area contributed by atoms with Crippen molar-refractivity contribution in [2.75, 3.05) is 50.2 Å². The lowest BCUT2D eigenvalue weighted by atomic mass is 10.1. The van der Waals surface area contributed by atoms with E-state index in [1.165, 1.54) is 20.3 Å². The molecule has 2 aliphatic heterocycles. The molecule has 1 aromatic carbocycles. The Morgan fingerprint density at radius 1 is 0.879 bits per heavy atom. The van der Waals surface area contributed by atoms with Gasteiger partial charge in [-0.05, 0) is 42.3 Å². The molecule has 0 radical (unpaired) electrons. The first-order valence-corrected chi connectivity index (χ1v) is 11.0. The second kappa shape index (κ2) is 10.8. The molecule has 1 amide bonds. The van der Waals surface area contributed by atoms with Crippen LogP contribution in [0.1, 0.15) is 20.3 Å². The van der Waals surface area contributed by atoms with Crippen LogP contribution >= 0.6 is 0 Å². The molecular weight excluding hydrogens is 422 g/mol. The second-order valence-electron chi connectivity index (χ2n) is 8.30. The van der Waals surface area contributed by atoms with Crippen LogP contribution in [0.5, 0.6) is 0 Å². The van der Waals surface area contributed by atoms with E-state index in [4.69, 9.17) is 9.47 Å². The van der Waals surface area contributed by atoms with Crippen LogP contribution < -0.4 is 9.80 Å². The number of ether oxygens (including phenoxy) is 2. The molecule has 176 valence electrons. The lowest BCUT2D eigenvalue weighted by molar-refractivity contribution is -0.139. The van der Waals surface area contributed by atoms with Crippen molar-refractivity contribution in [2.24, 2.45) is 5.92 Å². The molecule has 8 nitrogen and oxygen atoms in total. The van der Waals surface area contributed by atoms with E-state index in [0.717, 1.165) is 18.8 Å². The van der Waals surface area contributed by atoms with E-state index in [2.05, 4.69) is 18.7 Å². The molecule has 0 aromatic heterocycles. The number of carbonyl (C=O) groups is 3. The fourth-order valence-electron chi connectivity index (χ4n) is 3.88. The zero-order valence-corrected chi connectivity index (χ0v) is 19.6. The predicted molar refractivity (Wildman–Crippen MR) is 127 cm³/mol. The summed E-state index contributed by atoms with van der Waals surface area (Å²) in [5.74, 6) is -0.695. The Morgan fingerprint density at radius 2 is 1.48 bits per heavy atom. The molecule has 0 N–H and O–H groups in total. The minimum atomic E-state index is -0.641. The van der Waals surface area contributed by atoms with E-state index < -0.39 is 11.9 Å². The molecule has 3 rings (SSSR count). The van der Waals surface area contributed by atoms with Gasteiger partial charge in [0.25, 0.3) is 0 Å². The third-order valence-electron chi connectivity index (χ3n) is 5.60. The summed E-state index contributed by atoms with van der Waals surface area (Å²) in [6, 6.07) is 7.72. The van der Waals surface area contributed by atoms with Crippen molar-refractivity contribution in [2.45, 2.75) is 20.3 Å². The van der Waals surface area contributed by atoms with Crippen LogP contribution in [0.15, 0.2) is 60.0 Å². The van der Waals surface area contributed by atoms with E-state index in [9.17, 15) is 14.4 Å². The fourth-order valence-corrected chi connectivity index (χ4v) is 3.88. The molecule has 0 atom stereocenters. The van der Waals surface area contributed by atoms with Crippen LogP contribution in [0.3, 0.4) is 0 Å². The van der Waals surface area contributed by atoms with Crippen molar-refractivity contribution < 1.29 is 23.9 Å². The summed E-state index contributed by atoms with van der Waals surface area (Å²) in [6.45, 7) is 7.03. The molecule has 0 unspecified atom stereocenters. The van der Waals surface area contributed by atoms with Crippen molar-refractivity contribution in [1.29, 1.82) is 0 Å². The van der Waals surface area contributed by atoms with Crippen molar-refractivity contribution >= 4 is 29.2 Å². The molecule has 33 heavy (non-hydrogen) atoms. The standard InChI is InChI=1S/C25H31N3O5/c1-18(2)17-22(29)27-15-13-26(14-16-27)19-8-10-20(11-9-19)28-12-6-5-7-21(24(30)32-3)23(28)25(31)33-4/h5-12,18H,13-17H2,1-4H3. The maximum atomic E-state index is 12.6. The summed E-state index contributed by atoms with van der Waals surface area (Å²) in [5.41, 5.74) is 1.93. The van der Waals surface area contributed by atoms with E-state index >= 15 is 0 Å². The van der Waals surface area contributed by atoms with Gasteiger partial charge in [-0.1, -0.05) is 19.9 Å². The number of esters is 2. The number of rotatable bonds is 6. The number of amides is 1. The lowest BCUT2D eigenvalue weighted by Gasteiger charge is -2.36. The SMILES string of the molecule is COC(=O)C1=C(C(=O)OC)N(c2ccc(N3CCN(C(=O)CC(C)C)CC3)cc2)C=CC=C1. The van der Waals surface area contributed by atoms with Gasteiger partial charge in [0.1, 0.15) is 5.70 Å². The molecular formula is C25H31N3O5. The average molecular weight is 454 g/mol. The molecule has 0 bridgehead atoms. The Hall–Kier alpha value is -3.55. The number of anilines is 2. The largest absolute Gasteiger partial charge is 0.465 e. The summed E-state index contributed by atoms with van der Waals surface area (Å²) in [7, 11) is 2.54. The topological polar surface area (TPSA) is 79.4 Å². The van der Waals surface area contributed by atoms with Crippen molar-refractivity contribution in [1.82, 2.24) is 4.90 Å². The lowest BCUT2D eigenvalue weighted by Crippen LogP contribution is -2.49. The van der Waals surface area contributed by atoms with E-state index in [1.54, 1.807) is 23.3 Å². The van der Waals surface area contributed by atoms with E-state index in [1.807, 2.05) is 29.2 Å². The van der Waals surface area contributed by atoms with E-state index in [-0.39, 0.29) is 17.2 Å². The highest BCUT2D eigenvalue weighted by Crippen LogP contribution is 2.28. The van der Waals surface area contributed by atoms with Gasteiger partial charge in [0.2, 0.25) is 5.91 Å². The van der Waals surface area contributed by atoms with Crippen LogP contribution in [0.25, 0.3) is 0 Å². The quantitative estimate of drug-likeness (QED) is 0.613. The Balaban J connectivity index is 1.78. The van der Waals surface area contributed by atoms with E-state index in [0.29, 0.717) is 31.1 Å². The monoisotopic (exact) mass is 453 g/mol. The maximum Gasteiger partial charge on any atom is 0.355 e. The molecule has 1 fully saturated rings. The van der Waals surface area contributed by atoms with Crippen LogP contribution in [-0.2, 0) is 23.9 Å². The van der Waals surface area contributed by atoms with Crippen LogP contribution in [0.2, 0.25) is 0 Å². The van der Waals surface area contributed by atoms with Crippen molar-refractivity contribution in [3.63, 3.8) is 0 Å². The van der Waals surface area contributed by atoms with Gasteiger partial charge in [-0.15, -0.1) is 0 Å². The van der Waals surface area contributed by atoms with Crippen molar-refractivity contribution in [3.05, 3.63) is 60.0 Å². The molecule has 2 heterocycles. The number of nitrogens with zero attached hydrogens (tertiary/aromatic N) is 3. The third kappa shape index (κ3) is 5.63. The third-order valence-corrected chi connectivity index (χ3v) is 5.60.